The molecule has 0 spiro atoms. The molecule has 18 heavy (non-hydrogen) atoms. The molecule has 1 atom stereocenters. The van der Waals surface area contributed by atoms with Crippen LogP contribution in [0.5, 0.6) is 0 Å². The fourth-order valence-corrected chi connectivity index (χ4v) is 3.24. The van der Waals surface area contributed by atoms with Crippen LogP contribution < -0.4 is 10.6 Å². The van der Waals surface area contributed by atoms with E-state index in [1.165, 1.54) is 17.7 Å². The lowest BCUT2D eigenvalue weighted by Gasteiger charge is -2.24. The van der Waals surface area contributed by atoms with Gasteiger partial charge in [0.1, 0.15) is 0 Å². The second-order valence-electron chi connectivity index (χ2n) is 4.96. The summed E-state index contributed by atoms with van der Waals surface area (Å²) in [7, 11) is 0. The summed E-state index contributed by atoms with van der Waals surface area (Å²) in [4.78, 5) is 8.29. The Bertz CT molecular complexity index is 356. The van der Waals surface area contributed by atoms with E-state index in [1.54, 1.807) is 11.3 Å². The van der Waals surface area contributed by atoms with E-state index < -0.39 is 0 Å². The molecule has 0 aliphatic heterocycles. The van der Waals surface area contributed by atoms with Gasteiger partial charge in [-0.25, -0.2) is 4.98 Å². The first-order valence-corrected chi connectivity index (χ1v) is 7.82. The number of thiazole rings is 1. The zero-order chi connectivity index (χ0) is 13.7. The number of hydrogen-bond acceptors (Lipinski definition) is 4. The highest BCUT2D eigenvalue weighted by Gasteiger charge is 2.17. The van der Waals surface area contributed by atoms with Crippen molar-refractivity contribution in [2.45, 2.75) is 53.5 Å². The van der Waals surface area contributed by atoms with Crippen LogP contribution in [-0.4, -0.2) is 18.1 Å². The van der Waals surface area contributed by atoms with Crippen LogP contribution in [0.4, 0.5) is 5.13 Å². The minimum absolute atomic E-state index is 0.0862. The topological polar surface area (TPSA) is 42.2 Å². The first-order valence-electron chi connectivity index (χ1n) is 7.01. The average Bonchev–Trinajstić information content (AvgIpc) is 2.73. The summed E-state index contributed by atoms with van der Waals surface area (Å²) >= 11 is 1.75. The summed E-state index contributed by atoms with van der Waals surface area (Å²) in [6, 6.07) is 0.0862. The van der Waals surface area contributed by atoms with Crippen LogP contribution in [0.2, 0.25) is 0 Å². The summed E-state index contributed by atoms with van der Waals surface area (Å²) in [5, 5.41) is 1.13. The molecule has 1 unspecified atom stereocenters. The van der Waals surface area contributed by atoms with Crippen molar-refractivity contribution in [1.82, 2.24) is 4.98 Å². The number of nitrogens with two attached hydrogens (primary N) is 1. The first kappa shape index (κ1) is 15.4. The normalized spacial score (nSPS) is 13.1. The number of hydrogen-bond donors (Lipinski definition) is 1. The molecule has 1 rings (SSSR count). The summed E-state index contributed by atoms with van der Waals surface area (Å²) in [6.45, 7) is 12.9. The largest absolute Gasteiger partial charge is 0.348 e. The molecule has 0 bridgehead atoms. The van der Waals surface area contributed by atoms with Crippen molar-refractivity contribution in [2.24, 2.45) is 11.7 Å². The molecule has 0 radical (unpaired) electrons. The predicted molar refractivity (Wildman–Crippen MR) is 81.4 cm³/mol. The van der Waals surface area contributed by atoms with Crippen LogP contribution in [0.1, 0.15) is 57.1 Å². The van der Waals surface area contributed by atoms with E-state index in [1.807, 2.05) is 6.92 Å². The molecule has 0 aliphatic carbocycles. The van der Waals surface area contributed by atoms with Crippen molar-refractivity contribution in [1.29, 1.82) is 0 Å². The van der Waals surface area contributed by atoms with E-state index in [2.05, 4.69) is 37.6 Å². The second-order valence-corrected chi connectivity index (χ2v) is 5.97. The molecule has 2 N–H and O–H groups in total. The molecule has 0 fully saturated rings. The maximum Gasteiger partial charge on any atom is 0.185 e. The van der Waals surface area contributed by atoms with Gasteiger partial charge in [-0.3, -0.25) is 0 Å². The summed E-state index contributed by atoms with van der Waals surface area (Å²) in [6.07, 6.45) is 2.47. The number of aryl methyl sites for hydroxylation is 1. The molecular weight excluding hydrogens is 242 g/mol. The van der Waals surface area contributed by atoms with E-state index in [-0.39, 0.29) is 6.04 Å². The van der Waals surface area contributed by atoms with Gasteiger partial charge in [-0.05, 0) is 26.7 Å². The Morgan fingerprint density at radius 3 is 2.28 bits per heavy atom. The van der Waals surface area contributed by atoms with Gasteiger partial charge in [-0.15, -0.1) is 11.3 Å². The van der Waals surface area contributed by atoms with E-state index in [0.29, 0.717) is 0 Å². The Morgan fingerprint density at radius 1 is 1.28 bits per heavy atom. The average molecular weight is 269 g/mol. The molecule has 0 aromatic carbocycles. The van der Waals surface area contributed by atoms with Crippen molar-refractivity contribution in [3.05, 3.63) is 10.6 Å². The van der Waals surface area contributed by atoms with Gasteiger partial charge >= 0.3 is 0 Å². The van der Waals surface area contributed by atoms with E-state index >= 15 is 0 Å². The van der Waals surface area contributed by atoms with Gasteiger partial charge in [0, 0.05) is 24.0 Å². The van der Waals surface area contributed by atoms with Crippen molar-refractivity contribution in [3.63, 3.8) is 0 Å². The Balaban J connectivity index is 2.85. The Morgan fingerprint density at radius 2 is 1.89 bits per heavy atom. The lowest BCUT2D eigenvalue weighted by molar-refractivity contribution is 0.486. The Labute approximate surface area is 115 Å². The third-order valence-corrected chi connectivity index (χ3v) is 4.94. The maximum atomic E-state index is 5.97. The summed E-state index contributed by atoms with van der Waals surface area (Å²) < 4.78 is 0. The van der Waals surface area contributed by atoms with Crippen LogP contribution in [0, 0.1) is 12.8 Å². The molecule has 0 saturated carbocycles. The second kappa shape index (κ2) is 7.10. The lowest BCUT2D eigenvalue weighted by Crippen LogP contribution is -2.28. The van der Waals surface area contributed by atoms with Crippen LogP contribution >= 0.6 is 11.3 Å². The molecule has 0 aliphatic rings. The lowest BCUT2D eigenvalue weighted by atomic mass is 10.0. The highest BCUT2D eigenvalue weighted by Crippen LogP contribution is 2.30. The van der Waals surface area contributed by atoms with Gasteiger partial charge in [0.2, 0.25) is 0 Å². The Kier molecular flexibility index (Phi) is 6.09. The first-order chi connectivity index (χ1) is 8.53. The minimum atomic E-state index is 0.0862. The third kappa shape index (κ3) is 3.69. The molecule has 1 aromatic heterocycles. The van der Waals surface area contributed by atoms with Crippen LogP contribution in [0.25, 0.3) is 0 Å². The molecule has 1 aromatic rings. The quantitative estimate of drug-likeness (QED) is 0.820. The fourth-order valence-electron chi connectivity index (χ4n) is 2.15. The molecule has 4 heteroatoms. The van der Waals surface area contributed by atoms with Crippen molar-refractivity contribution in [3.8, 4) is 0 Å². The van der Waals surface area contributed by atoms with Gasteiger partial charge < -0.3 is 10.6 Å². The van der Waals surface area contributed by atoms with E-state index in [0.717, 1.165) is 29.8 Å². The molecule has 1 heterocycles. The van der Waals surface area contributed by atoms with Crippen LogP contribution in [-0.2, 0) is 0 Å². The summed E-state index contributed by atoms with van der Waals surface area (Å²) in [5.74, 6) is 0.757. The van der Waals surface area contributed by atoms with Gasteiger partial charge in [0.15, 0.2) is 5.13 Å². The maximum absolute atomic E-state index is 5.97. The van der Waals surface area contributed by atoms with Crippen molar-refractivity contribution >= 4 is 16.5 Å². The molecule has 104 valence electrons. The smallest absolute Gasteiger partial charge is 0.185 e. The zero-order valence-electron chi connectivity index (χ0n) is 12.4. The number of aromatic nitrogens is 1. The van der Waals surface area contributed by atoms with E-state index in [9.17, 15) is 0 Å². The molecule has 0 amide bonds. The summed E-state index contributed by atoms with van der Waals surface area (Å²) in [5.41, 5.74) is 7.07. The number of anilines is 1. The molecular formula is C14H27N3S. The van der Waals surface area contributed by atoms with Gasteiger partial charge in [0.05, 0.1) is 5.69 Å². The van der Waals surface area contributed by atoms with Gasteiger partial charge in [-0.2, -0.15) is 0 Å². The molecule has 0 saturated heterocycles. The Hall–Kier alpha value is -0.610. The minimum Gasteiger partial charge on any atom is -0.348 e. The van der Waals surface area contributed by atoms with Crippen molar-refractivity contribution in [2.75, 3.05) is 18.0 Å². The predicted octanol–water partition coefficient (Wildman–Crippen LogP) is 3.73. The molecule has 3 nitrogen and oxygen atoms in total. The SMILES string of the molecule is CCC(CC)CN(CC)c1nc(C)c(C(C)N)s1. The monoisotopic (exact) mass is 269 g/mol. The fraction of sp³-hybridized carbons (Fsp3) is 0.786. The highest BCUT2D eigenvalue weighted by molar-refractivity contribution is 7.15. The van der Waals surface area contributed by atoms with Gasteiger partial charge in [-0.1, -0.05) is 26.7 Å². The number of rotatable bonds is 7. The van der Waals surface area contributed by atoms with Crippen molar-refractivity contribution < 1.29 is 0 Å². The van der Waals surface area contributed by atoms with Crippen LogP contribution in [0.15, 0.2) is 0 Å². The number of nitrogens with zero attached hydrogens (tertiary/aromatic N) is 2. The zero-order valence-corrected chi connectivity index (χ0v) is 13.2. The van der Waals surface area contributed by atoms with Gasteiger partial charge in [0.25, 0.3) is 0 Å². The van der Waals surface area contributed by atoms with E-state index in [4.69, 9.17) is 5.73 Å². The highest BCUT2D eigenvalue weighted by atomic mass is 32.1. The standard InChI is InChI=1S/C14H27N3S/c1-6-12(7-2)9-17(8-3)14-16-11(5)13(18-14)10(4)15/h10,12H,6-9,15H2,1-5H3. The third-order valence-electron chi connectivity index (χ3n) is 3.52. The van der Waals surface area contributed by atoms with Crippen LogP contribution in [0.3, 0.4) is 0 Å².